The van der Waals surface area contributed by atoms with Crippen molar-refractivity contribution >= 4 is 6.41 Å². The third-order valence-electron chi connectivity index (χ3n) is 10.6. The molecular weight excluding hydrogens is 382 g/mol. The van der Waals surface area contributed by atoms with E-state index in [9.17, 15) is 4.79 Å². The molecule has 2 heterocycles. The molecule has 0 aromatic heterocycles. The molecule has 1 N–H and O–H groups in total. The number of hydrogen-bond donors (Lipinski definition) is 1. The van der Waals surface area contributed by atoms with Crippen molar-refractivity contribution in [2.75, 3.05) is 26.4 Å². The van der Waals surface area contributed by atoms with Crippen LogP contribution in [0.5, 0.6) is 0 Å². The Morgan fingerprint density at radius 3 is 2.30 bits per heavy atom. The first-order valence-corrected chi connectivity index (χ1v) is 12.2. The van der Waals surface area contributed by atoms with Gasteiger partial charge in [0.05, 0.1) is 26.4 Å². The zero-order valence-electron chi connectivity index (χ0n) is 18.5. The van der Waals surface area contributed by atoms with Crippen molar-refractivity contribution in [3.63, 3.8) is 0 Å². The Bertz CT molecular complexity index is 702. The molecule has 0 aromatic rings. The Kier molecular flexibility index (Phi) is 4.43. The van der Waals surface area contributed by atoms with E-state index in [-0.39, 0.29) is 17.2 Å². The predicted octanol–water partition coefficient (Wildman–Crippen LogP) is 3.24. The summed E-state index contributed by atoms with van der Waals surface area (Å²) in [5.41, 5.74) is 0.338. The van der Waals surface area contributed by atoms with E-state index in [0.29, 0.717) is 55.5 Å². The Morgan fingerprint density at radius 1 is 0.867 bits per heavy atom. The first-order valence-electron chi connectivity index (χ1n) is 12.2. The maximum absolute atomic E-state index is 11.6. The van der Waals surface area contributed by atoms with E-state index in [1.165, 1.54) is 6.42 Å². The summed E-state index contributed by atoms with van der Waals surface area (Å²) in [6.07, 6.45) is 9.61. The van der Waals surface area contributed by atoms with Gasteiger partial charge in [-0.05, 0) is 61.2 Å². The Morgan fingerprint density at radius 2 is 1.57 bits per heavy atom. The second-order valence-corrected chi connectivity index (χ2v) is 11.4. The van der Waals surface area contributed by atoms with Gasteiger partial charge in [0.15, 0.2) is 11.6 Å². The van der Waals surface area contributed by atoms with Crippen LogP contribution in [0.1, 0.15) is 65.2 Å². The topological polar surface area (TPSA) is 66.0 Å². The molecule has 6 heteroatoms. The van der Waals surface area contributed by atoms with E-state index in [0.717, 1.165) is 51.4 Å². The van der Waals surface area contributed by atoms with Gasteiger partial charge in [-0.3, -0.25) is 4.79 Å². The molecule has 6 aliphatic rings. The highest BCUT2D eigenvalue weighted by Gasteiger charge is 2.69. The molecule has 4 saturated carbocycles. The van der Waals surface area contributed by atoms with Gasteiger partial charge in [-0.25, -0.2) is 0 Å². The van der Waals surface area contributed by atoms with Crippen LogP contribution in [0.25, 0.3) is 0 Å². The van der Waals surface area contributed by atoms with Crippen molar-refractivity contribution in [2.24, 2.45) is 34.5 Å². The van der Waals surface area contributed by atoms with E-state index >= 15 is 0 Å². The van der Waals surface area contributed by atoms with E-state index in [1.807, 2.05) is 0 Å². The molecule has 6 rings (SSSR count). The fourth-order valence-electron chi connectivity index (χ4n) is 9.12. The van der Waals surface area contributed by atoms with Gasteiger partial charge in [0.1, 0.15) is 0 Å². The highest BCUT2D eigenvalue weighted by atomic mass is 16.7. The summed E-state index contributed by atoms with van der Waals surface area (Å²) in [4.78, 5) is 11.6. The fraction of sp³-hybridized carbons (Fsp3) is 0.958. The first kappa shape index (κ1) is 20.0. The summed E-state index contributed by atoms with van der Waals surface area (Å²) in [6.45, 7) is 7.81. The molecule has 30 heavy (non-hydrogen) atoms. The molecule has 7 atom stereocenters. The van der Waals surface area contributed by atoms with Crippen LogP contribution >= 0.6 is 0 Å². The maximum atomic E-state index is 11.6. The average Bonchev–Trinajstić information content (AvgIpc) is 3.45. The van der Waals surface area contributed by atoms with Crippen LogP contribution in [0.4, 0.5) is 0 Å². The number of carbonyl (C=O) groups excluding carboxylic acids is 1. The van der Waals surface area contributed by atoms with Gasteiger partial charge in [0.2, 0.25) is 6.41 Å². The van der Waals surface area contributed by atoms with Crippen molar-refractivity contribution in [3.05, 3.63) is 0 Å². The predicted molar refractivity (Wildman–Crippen MR) is 109 cm³/mol. The van der Waals surface area contributed by atoms with Crippen molar-refractivity contribution in [1.29, 1.82) is 0 Å². The summed E-state index contributed by atoms with van der Waals surface area (Å²) >= 11 is 0. The van der Waals surface area contributed by atoms with Crippen LogP contribution in [0, 0.1) is 34.5 Å². The van der Waals surface area contributed by atoms with Crippen LogP contribution < -0.4 is 5.32 Å². The number of fused-ring (bicyclic) bond motifs is 6. The normalized spacial score (nSPS) is 50.8. The van der Waals surface area contributed by atoms with E-state index < -0.39 is 5.79 Å². The summed E-state index contributed by atoms with van der Waals surface area (Å²) in [5.74, 6) is 1.44. The number of hydrogen-bond acceptors (Lipinski definition) is 5. The van der Waals surface area contributed by atoms with Gasteiger partial charge < -0.3 is 24.3 Å². The average molecular weight is 420 g/mol. The fourth-order valence-corrected chi connectivity index (χ4v) is 9.12. The second kappa shape index (κ2) is 6.66. The highest BCUT2D eigenvalue weighted by molar-refractivity contribution is 5.47. The lowest BCUT2D eigenvalue weighted by Gasteiger charge is -2.64. The molecule has 0 aromatic carbocycles. The molecule has 0 bridgehead atoms. The van der Waals surface area contributed by atoms with Crippen LogP contribution in [0.15, 0.2) is 0 Å². The van der Waals surface area contributed by atoms with Gasteiger partial charge in [-0.2, -0.15) is 0 Å². The monoisotopic (exact) mass is 419 g/mol. The lowest BCUT2D eigenvalue weighted by molar-refractivity contribution is -0.260. The molecule has 4 aliphatic carbocycles. The third-order valence-corrected chi connectivity index (χ3v) is 10.6. The molecular formula is C24H37NO5. The van der Waals surface area contributed by atoms with Gasteiger partial charge in [-0.15, -0.1) is 0 Å². The number of ether oxygens (including phenoxy) is 4. The Labute approximate surface area is 179 Å². The number of nitrogens with one attached hydrogen (secondary N) is 1. The molecule has 0 radical (unpaired) electrons. The SMILES string of the molecule is C[C@]12CCC3(CC1C[C@@H](NC=O)[C@@H]1[C@@H]2CC[C@@]2(C)[C@H]1CCC21OCCO1)OCCO3. The molecule has 2 saturated heterocycles. The lowest BCUT2D eigenvalue weighted by atomic mass is 9.43. The van der Waals surface area contributed by atoms with Gasteiger partial charge in [-0.1, -0.05) is 13.8 Å². The minimum atomic E-state index is -0.395. The van der Waals surface area contributed by atoms with E-state index in [4.69, 9.17) is 18.9 Å². The van der Waals surface area contributed by atoms with Gasteiger partial charge >= 0.3 is 0 Å². The highest BCUT2D eigenvalue weighted by Crippen LogP contribution is 2.70. The Hall–Kier alpha value is -0.690. The van der Waals surface area contributed by atoms with Gasteiger partial charge in [0.25, 0.3) is 0 Å². The summed E-state index contributed by atoms with van der Waals surface area (Å²) in [7, 11) is 0. The Balaban J connectivity index is 1.34. The van der Waals surface area contributed by atoms with Crippen molar-refractivity contribution in [3.8, 4) is 0 Å². The largest absolute Gasteiger partial charge is 0.356 e. The molecule has 2 aliphatic heterocycles. The third kappa shape index (κ3) is 2.48. The molecule has 1 amide bonds. The number of carbonyl (C=O) groups is 1. The summed E-state index contributed by atoms with van der Waals surface area (Å²) in [6, 6.07) is 0.225. The zero-order valence-corrected chi connectivity index (χ0v) is 18.5. The van der Waals surface area contributed by atoms with E-state index in [2.05, 4.69) is 19.2 Å². The van der Waals surface area contributed by atoms with Crippen molar-refractivity contribution in [1.82, 2.24) is 5.32 Å². The summed E-state index contributed by atoms with van der Waals surface area (Å²) < 4.78 is 24.8. The molecule has 2 spiro atoms. The molecule has 1 unspecified atom stereocenters. The minimum absolute atomic E-state index is 0.0459. The first-order chi connectivity index (χ1) is 14.5. The molecule has 168 valence electrons. The van der Waals surface area contributed by atoms with Crippen molar-refractivity contribution < 1.29 is 23.7 Å². The lowest BCUT2D eigenvalue weighted by Crippen LogP contribution is -2.64. The van der Waals surface area contributed by atoms with Crippen molar-refractivity contribution in [2.45, 2.75) is 82.8 Å². The quantitative estimate of drug-likeness (QED) is 0.696. The maximum Gasteiger partial charge on any atom is 0.207 e. The minimum Gasteiger partial charge on any atom is -0.356 e. The smallest absolute Gasteiger partial charge is 0.207 e. The van der Waals surface area contributed by atoms with Crippen LogP contribution in [-0.4, -0.2) is 50.5 Å². The van der Waals surface area contributed by atoms with Crippen LogP contribution in [-0.2, 0) is 23.7 Å². The summed E-state index contributed by atoms with van der Waals surface area (Å²) in [5, 5.41) is 3.28. The number of amides is 1. The zero-order chi connectivity index (χ0) is 20.6. The number of rotatable bonds is 2. The van der Waals surface area contributed by atoms with Crippen LogP contribution in [0.3, 0.4) is 0 Å². The standard InChI is InChI=1S/C24H37NO5/c1-21-7-8-23(27-9-10-28-23)14-16(21)13-19(25-15-26)20-17(21)3-5-22(2)18(20)4-6-24(22)29-11-12-30-24/h15-20H,3-14H2,1-2H3,(H,25,26)/t16?,17-,18-,19+,20+,21-,22-/m0/s1. The van der Waals surface area contributed by atoms with Gasteiger partial charge in [0, 0.05) is 30.7 Å². The molecule has 6 fully saturated rings. The second-order valence-electron chi connectivity index (χ2n) is 11.4. The molecule has 6 nitrogen and oxygen atoms in total. The van der Waals surface area contributed by atoms with E-state index in [1.54, 1.807) is 0 Å². The van der Waals surface area contributed by atoms with Crippen LogP contribution in [0.2, 0.25) is 0 Å².